The fourth-order valence-corrected chi connectivity index (χ4v) is 2.58. The van der Waals surface area contributed by atoms with Gasteiger partial charge < -0.3 is 0 Å². The highest BCUT2D eigenvalue weighted by molar-refractivity contribution is 7.92. The Morgan fingerprint density at radius 1 is 1.47 bits per heavy atom. The first-order chi connectivity index (χ1) is 8.59. The SMILES string of the molecule is CC(C)(C(Cc1ccc(F)cc1Cl)NN)S(C)(=O)=O. The summed E-state index contributed by atoms with van der Waals surface area (Å²) in [5, 5.41) is 0.254. The van der Waals surface area contributed by atoms with Crippen LogP contribution in [-0.2, 0) is 16.3 Å². The monoisotopic (exact) mass is 308 g/mol. The van der Waals surface area contributed by atoms with E-state index in [0.29, 0.717) is 5.56 Å². The lowest BCUT2D eigenvalue weighted by molar-refractivity contribution is 0.413. The van der Waals surface area contributed by atoms with Gasteiger partial charge in [-0.25, -0.2) is 12.8 Å². The quantitative estimate of drug-likeness (QED) is 0.641. The van der Waals surface area contributed by atoms with Crippen LogP contribution in [0.4, 0.5) is 4.39 Å². The summed E-state index contributed by atoms with van der Waals surface area (Å²) in [5.74, 6) is 5.02. The van der Waals surface area contributed by atoms with Gasteiger partial charge in [-0.05, 0) is 38.0 Å². The fraction of sp³-hybridized carbons (Fsp3) is 0.500. The number of benzene rings is 1. The molecule has 0 saturated heterocycles. The molecular weight excluding hydrogens is 291 g/mol. The van der Waals surface area contributed by atoms with Crippen LogP contribution in [0.2, 0.25) is 5.02 Å². The lowest BCUT2D eigenvalue weighted by atomic mass is 9.96. The van der Waals surface area contributed by atoms with Gasteiger partial charge in [0.15, 0.2) is 9.84 Å². The molecule has 1 unspecified atom stereocenters. The van der Waals surface area contributed by atoms with Crippen LogP contribution in [0, 0.1) is 5.82 Å². The van der Waals surface area contributed by atoms with Gasteiger partial charge in [0.25, 0.3) is 0 Å². The molecule has 108 valence electrons. The summed E-state index contributed by atoms with van der Waals surface area (Å²) in [7, 11) is -3.31. The van der Waals surface area contributed by atoms with Gasteiger partial charge in [0.1, 0.15) is 5.82 Å². The van der Waals surface area contributed by atoms with Crippen LogP contribution in [-0.4, -0.2) is 25.5 Å². The number of hydrazine groups is 1. The molecule has 1 atom stereocenters. The van der Waals surface area contributed by atoms with E-state index in [1.165, 1.54) is 18.2 Å². The lowest BCUT2D eigenvalue weighted by Gasteiger charge is -2.32. The highest BCUT2D eigenvalue weighted by Gasteiger charge is 2.38. The van der Waals surface area contributed by atoms with Crippen LogP contribution >= 0.6 is 11.6 Å². The van der Waals surface area contributed by atoms with Crippen LogP contribution in [0.15, 0.2) is 18.2 Å². The Morgan fingerprint density at radius 2 is 2.05 bits per heavy atom. The van der Waals surface area contributed by atoms with E-state index in [4.69, 9.17) is 17.4 Å². The standard InChI is InChI=1S/C12H18ClFN2O2S/c1-12(2,19(3,17)18)11(16-15)6-8-4-5-9(14)7-10(8)13/h4-5,7,11,16H,6,15H2,1-3H3. The molecule has 0 aromatic heterocycles. The molecule has 0 amide bonds. The molecule has 0 aliphatic heterocycles. The first kappa shape index (κ1) is 16.4. The summed E-state index contributed by atoms with van der Waals surface area (Å²) in [5.41, 5.74) is 3.15. The zero-order valence-corrected chi connectivity index (χ0v) is 12.6. The summed E-state index contributed by atoms with van der Waals surface area (Å²) in [6.45, 7) is 3.18. The average Bonchev–Trinajstić information content (AvgIpc) is 2.26. The normalized spacial score (nSPS) is 14.4. The minimum absolute atomic E-state index is 0.254. The summed E-state index contributed by atoms with van der Waals surface area (Å²) in [4.78, 5) is 0. The number of nitrogens with one attached hydrogen (secondary N) is 1. The van der Waals surface area contributed by atoms with Gasteiger partial charge in [0.2, 0.25) is 0 Å². The summed E-state index contributed by atoms with van der Waals surface area (Å²) < 4.78 is 35.5. The Balaban J connectivity index is 3.07. The second kappa shape index (κ2) is 5.75. The van der Waals surface area contributed by atoms with Crippen LogP contribution in [0.25, 0.3) is 0 Å². The van der Waals surface area contributed by atoms with Gasteiger partial charge in [-0.1, -0.05) is 17.7 Å². The lowest BCUT2D eigenvalue weighted by Crippen LogP contribution is -2.55. The van der Waals surface area contributed by atoms with Crippen LogP contribution in [0.3, 0.4) is 0 Å². The van der Waals surface area contributed by atoms with Crippen molar-refractivity contribution < 1.29 is 12.8 Å². The third-order valence-electron chi connectivity index (χ3n) is 3.44. The second-order valence-corrected chi connectivity index (χ2v) is 8.04. The van der Waals surface area contributed by atoms with Gasteiger partial charge in [0, 0.05) is 17.3 Å². The molecule has 0 bridgehead atoms. The van der Waals surface area contributed by atoms with Crippen molar-refractivity contribution in [3.8, 4) is 0 Å². The molecular formula is C12H18ClFN2O2S. The number of rotatable bonds is 5. The van der Waals surface area contributed by atoms with Crippen molar-refractivity contribution in [3.05, 3.63) is 34.6 Å². The van der Waals surface area contributed by atoms with E-state index in [0.717, 1.165) is 6.26 Å². The highest BCUT2D eigenvalue weighted by atomic mass is 35.5. The van der Waals surface area contributed by atoms with Crippen molar-refractivity contribution in [1.82, 2.24) is 5.43 Å². The highest BCUT2D eigenvalue weighted by Crippen LogP contribution is 2.26. The summed E-state index contributed by atoms with van der Waals surface area (Å²) in [6.07, 6.45) is 1.44. The number of hydrogen-bond acceptors (Lipinski definition) is 4. The minimum Gasteiger partial charge on any atom is -0.271 e. The van der Waals surface area contributed by atoms with Gasteiger partial charge >= 0.3 is 0 Å². The maximum absolute atomic E-state index is 13.0. The van der Waals surface area contributed by atoms with Crippen molar-refractivity contribution in [1.29, 1.82) is 0 Å². The van der Waals surface area contributed by atoms with Gasteiger partial charge in [-0.15, -0.1) is 0 Å². The van der Waals surface area contributed by atoms with E-state index >= 15 is 0 Å². The first-order valence-electron chi connectivity index (χ1n) is 5.69. The Labute approximate surface area is 118 Å². The van der Waals surface area contributed by atoms with Crippen LogP contribution in [0.5, 0.6) is 0 Å². The Hall–Kier alpha value is -0.690. The molecule has 19 heavy (non-hydrogen) atoms. The van der Waals surface area contributed by atoms with Crippen molar-refractivity contribution >= 4 is 21.4 Å². The Kier molecular flexibility index (Phi) is 4.95. The van der Waals surface area contributed by atoms with Gasteiger partial charge in [-0.3, -0.25) is 11.3 Å². The van der Waals surface area contributed by atoms with Crippen LogP contribution < -0.4 is 11.3 Å². The van der Waals surface area contributed by atoms with E-state index in [1.54, 1.807) is 13.8 Å². The molecule has 3 N–H and O–H groups in total. The minimum atomic E-state index is -3.31. The molecule has 0 aliphatic rings. The third kappa shape index (κ3) is 3.66. The summed E-state index contributed by atoms with van der Waals surface area (Å²) >= 11 is 5.94. The molecule has 0 saturated carbocycles. The fourth-order valence-electron chi connectivity index (χ4n) is 1.67. The zero-order chi connectivity index (χ0) is 14.8. The zero-order valence-electron chi connectivity index (χ0n) is 11.1. The van der Waals surface area contributed by atoms with E-state index < -0.39 is 26.4 Å². The van der Waals surface area contributed by atoms with Gasteiger partial charge in [0.05, 0.1) is 4.75 Å². The third-order valence-corrected chi connectivity index (χ3v) is 5.98. The largest absolute Gasteiger partial charge is 0.271 e. The van der Waals surface area contributed by atoms with Crippen LogP contribution in [0.1, 0.15) is 19.4 Å². The van der Waals surface area contributed by atoms with E-state index in [9.17, 15) is 12.8 Å². The molecule has 0 spiro atoms. The predicted octanol–water partition coefficient (Wildman–Crippen LogP) is 1.68. The molecule has 7 heteroatoms. The topological polar surface area (TPSA) is 72.2 Å². The summed E-state index contributed by atoms with van der Waals surface area (Å²) in [6, 6.07) is 3.46. The van der Waals surface area contributed by atoms with Crippen molar-refractivity contribution in [3.63, 3.8) is 0 Å². The number of sulfone groups is 1. The molecule has 4 nitrogen and oxygen atoms in total. The Bertz CT molecular complexity index is 561. The predicted molar refractivity (Wildman–Crippen MR) is 75.1 cm³/mol. The van der Waals surface area contributed by atoms with Crippen molar-refractivity contribution in [2.45, 2.75) is 31.1 Å². The first-order valence-corrected chi connectivity index (χ1v) is 7.96. The molecule has 1 rings (SSSR count). The molecule has 1 aromatic rings. The molecule has 0 heterocycles. The number of halogens is 2. The number of nitrogens with two attached hydrogens (primary N) is 1. The van der Waals surface area contributed by atoms with E-state index in [1.807, 2.05) is 0 Å². The second-order valence-electron chi connectivity index (χ2n) is 5.03. The van der Waals surface area contributed by atoms with E-state index in [-0.39, 0.29) is 11.4 Å². The molecule has 0 aliphatic carbocycles. The van der Waals surface area contributed by atoms with E-state index in [2.05, 4.69) is 5.43 Å². The van der Waals surface area contributed by atoms with Crippen molar-refractivity contribution in [2.75, 3.05) is 6.26 Å². The smallest absolute Gasteiger partial charge is 0.154 e. The maximum atomic E-state index is 13.0. The molecule has 1 aromatic carbocycles. The van der Waals surface area contributed by atoms with Crippen molar-refractivity contribution in [2.24, 2.45) is 5.84 Å². The average molecular weight is 309 g/mol. The molecule has 0 fully saturated rings. The van der Waals surface area contributed by atoms with Gasteiger partial charge in [-0.2, -0.15) is 0 Å². The number of hydrogen-bond donors (Lipinski definition) is 2. The Morgan fingerprint density at radius 3 is 2.47 bits per heavy atom. The maximum Gasteiger partial charge on any atom is 0.154 e. The molecule has 0 radical (unpaired) electrons.